The summed E-state index contributed by atoms with van der Waals surface area (Å²) < 4.78 is 5.26. The van der Waals surface area contributed by atoms with Gasteiger partial charge < -0.3 is 14.5 Å². The second-order valence-electron chi connectivity index (χ2n) is 11.5. The number of hydrogen-bond donors (Lipinski definition) is 0. The molecule has 3 fully saturated rings. The van der Waals surface area contributed by atoms with Crippen LogP contribution in [-0.4, -0.2) is 66.3 Å². The van der Waals surface area contributed by atoms with Crippen molar-refractivity contribution >= 4 is 23.4 Å². The minimum Gasteiger partial charge on any atom is -0.497 e. The standard InChI is InChI=1S/C32H41N3O4/c1-24(36)21-27-10-6-11-28(22-27)33-19-16-32(17-20-33)30(37)34(23-26-8-5-9-26)31(38)35(32)18-4-3-7-25-12-14-29(39-2)15-13-25/h6,10-15,22,26H,3-5,7-9,16-21,23H2,1-2H3. The number of carbonyl (C=O) groups is 3. The number of anilines is 1. The predicted octanol–water partition coefficient (Wildman–Crippen LogP) is 5.25. The van der Waals surface area contributed by atoms with Gasteiger partial charge in [-0.2, -0.15) is 0 Å². The molecule has 3 amide bonds. The zero-order chi connectivity index (χ0) is 27.4. The Morgan fingerprint density at radius 3 is 2.38 bits per heavy atom. The van der Waals surface area contributed by atoms with Crippen LogP contribution in [0.4, 0.5) is 10.5 Å². The van der Waals surface area contributed by atoms with E-state index in [1.807, 2.05) is 29.2 Å². The second kappa shape index (κ2) is 11.8. The van der Waals surface area contributed by atoms with Crippen LogP contribution in [0.5, 0.6) is 5.75 Å². The molecule has 0 bridgehead atoms. The Labute approximate surface area is 232 Å². The van der Waals surface area contributed by atoms with Crippen molar-refractivity contribution in [2.45, 2.75) is 70.3 Å². The van der Waals surface area contributed by atoms with E-state index in [1.165, 1.54) is 12.0 Å². The average molecular weight is 532 g/mol. The van der Waals surface area contributed by atoms with Crippen LogP contribution >= 0.6 is 0 Å². The molecule has 1 saturated carbocycles. The number of benzene rings is 2. The third-order valence-electron chi connectivity index (χ3n) is 8.86. The van der Waals surface area contributed by atoms with Crippen molar-refractivity contribution in [2.75, 3.05) is 38.2 Å². The molecule has 0 atom stereocenters. The number of aryl methyl sites for hydroxylation is 1. The molecule has 0 aromatic heterocycles. The zero-order valence-corrected chi connectivity index (χ0v) is 23.4. The van der Waals surface area contributed by atoms with Gasteiger partial charge in [-0.25, -0.2) is 4.79 Å². The molecular formula is C32H41N3O4. The molecular weight excluding hydrogens is 490 g/mol. The highest BCUT2D eigenvalue weighted by molar-refractivity contribution is 6.07. The summed E-state index contributed by atoms with van der Waals surface area (Å²) in [6.45, 7) is 4.21. The molecule has 2 aromatic carbocycles. The van der Waals surface area contributed by atoms with E-state index < -0.39 is 5.54 Å². The van der Waals surface area contributed by atoms with Crippen molar-refractivity contribution in [3.8, 4) is 5.75 Å². The predicted molar refractivity (Wildman–Crippen MR) is 152 cm³/mol. The van der Waals surface area contributed by atoms with E-state index in [-0.39, 0.29) is 17.7 Å². The first-order valence-corrected chi connectivity index (χ1v) is 14.5. The third-order valence-corrected chi connectivity index (χ3v) is 8.86. The summed E-state index contributed by atoms with van der Waals surface area (Å²) in [7, 11) is 1.67. The highest BCUT2D eigenvalue weighted by atomic mass is 16.5. The van der Waals surface area contributed by atoms with Gasteiger partial charge >= 0.3 is 6.03 Å². The van der Waals surface area contributed by atoms with Gasteiger partial charge in [-0.15, -0.1) is 0 Å². The van der Waals surface area contributed by atoms with Crippen LogP contribution < -0.4 is 9.64 Å². The van der Waals surface area contributed by atoms with Crippen LogP contribution in [0.2, 0.25) is 0 Å². The maximum Gasteiger partial charge on any atom is 0.327 e. The van der Waals surface area contributed by atoms with Gasteiger partial charge in [0.2, 0.25) is 0 Å². The smallest absolute Gasteiger partial charge is 0.327 e. The Kier molecular flexibility index (Phi) is 8.24. The lowest BCUT2D eigenvalue weighted by Gasteiger charge is -2.43. The van der Waals surface area contributed by atoms with Gasteiger partial charge in [0, 0.05) is 38.3 Å². The molecule has 2 aliphatic heterocycles. The van der Waals surface area contributed by atoms with Gasteiger partial charge in [0.25, 0.3) is 5.91 Å². The minimum atomic E-state index is -0.742. The summed E-state index contributed by atoms with van der Waals surface area (Å²) in [4.78, 5) is 45.0. The lowest BCUT2D eigenvalue weighted by molar-refractivity contribution is -0.135. The molecule has 2 aromatic rings. The highest BCUT2D eigenvalue weighted by Crippen LogP contribution is 2.40. The maximum atomic E-state index is 13.9. The van der Waals surface area contributed by atoms with Crippen LogP contribution in [0.15, 0.2) is 48.5 Å². The van der Waals surface area contributed by atoms with Crippen molar-refractivity contribution < 1.29 is 19.1 Å². The number of ether oxygens (including phenoxy) is 1. The summed E-state index contributed by atoms with van der Waals surface area (Å²) in [5.74, 6) is 1.47. The molecule has 39 heavy (non-hydrogen) atoms. The van der Waals surface area contributed by atoms with Gasteiger partial charge in [0.15, 0.2) is 0 Å². The first kappa shape index (κ1) is 27.2. The summed E-state index contributed by atoms with van der Waals surface area (Å²) in [5, 5.41) is 0. The number of nitrogens with zero attached hydrogens (tertiary/aromatic N) is 3. The minimum absolute atomic E-state index is 0.0135. The number of carbonyl (C=O) groups excluding carboxylic acids is 3. The number of imide groups is 1. The Morgan fingerprint density at radius 1 is 1.00 bits per heavy atom. The van der Waals surface area contributed by atoms with Crippen LogP contribution in [0.1, 0.15) is 63.0 Å². The number of amides is 3. The number of Topliss-reactive ketones (excluding diaryl/α,β-unsaturated/α-hetero) is 1. The fourth-order valence-electron chi connectivity index (χ4n) is 6.35. The maximum absolute atomic E-state index is 13.9. The van der Waals surface area contributed by atoms with E-state index >= 15 is 0 Å². The number of unbranched alkanes of at least 4 members (excludes halogenated alkanes) is 1. The highest BCUT2D eigenvalue weighted by Gasteiger charge is 2.58. The van der Waals surface area contributed by atoms with Gasteiger partial charge in [0.1, 0.15) is 17.1 Å². The molecule has 5 rings (SSSR count). The topological polar surface area (TPSA) is 70.2 Å². The zero-order valence-electron chi connectivity index (χ0n) is 23.4. The van der Waals surface area contributed by atoms with Gasteiger partial charge in [0.05, 0.1) is 7.11 Å². The van der Waals surface area contributed by atoms with E-state index in [4.69, 9.17) is 4.74 Å². The molecule has 208 valence electrons. The molecule has 7 heteroatoms. The largest absolute Gasteiger partial charge is 0.497 e. The normalized spacial score (nSPS) is 19.1. The van der Waals surface area contributed by atoms with E-state index in [1.54, 1.807) is 18.9 Å². The van der Waals surface area contributed by atoms with E-state index in [9.17, 15) is 14.4 Å². The molecule has 7 nitrogen and oxygen atoms in total. The Hall–Kier alpha value is -3.35. The van der Waals surface area contributed by atoms with Crippen LogP contribution in [-0.2, 0) is 22.4 Å². The number of methoxy groups -OCH3 is 1. The van der Waals surface area contributed by atoms with Gasteiger partial charge in [-0.05, 0) is 93.2 Å². The van der Waals surface area contributed by atoms with Crippen molar-refractivity contribution in [1.82, 2.24) is 9.80 Å². The van der Waals surface area contributed by atoms with Crippen LogP contribution in [0, 0.1) is 5.92 Å². The van der Waals surface area contributed by atoms with Crippen molar-refractivity contribution in [2.24, 2.45) is 5.92 Å². The molecule has 2 saturated heterocycles. The van der Waals surface area contributed by atoms with Crippen molar-refractivity contribution in [3.63, 3.8) is 0 Å². The van der Waals surface area contributed by atoms with Gasteiger partial charge in [-0.3, -0.25) is 14.5 Å². The molecule has 1 spiro atoms. The number of ketones is 1. The lowest BCUT2D eigenvalue weighted by atomic mass is 9.83. The summed E-state index contributed by atoms with van der Waals surface area (Å²) in [5.41, 5.74) is 2.60. The lowest BCUT2D eigenvalue weighted by Crippen LogP contribution is -2.57. The van der Waals surface area contributed by atoms with E-state index in [0.29, 0.717) is 51.4 Å². The molecule has 2 heterocycles. The van der Waals surface area contributed by atoms with E-state index in [2.05, 4.69) is 29.2 Å². The summed E-state index contributed by atoms with van der Waals surface area (Å²) in [6.07, 6.45) is 7.86. The second-order valence-corrected chi connectivity index (χ2v) is 11.5. The Balaban J connectivity index is 1.26. The molecule has 0 N–H and O–H groups in total. The first-order valence-electron chi connectivity index (χ1n) is 14.5. The quantitative estimate of drug-likeness (QED) is 0.293. The fraction of sp³-hybridized carbons (Fsp3) is 0.531. The summed E-state index contributed by atoms with van der Waals surface area (Å²) >= 11 is 0. The number of rotatable bonds is 11. The average Bonchev–Trinajstić information content (AvgIpc) is 3.09. The van der Waals surface area contributed by atoms with Crippen molar-refractivity contribution in [3.05, 3.63) is 59.7 Å². The SMILES string of the molecule is COc1ccc(CCCCN2C(=O)N(CC3CCC3)C(=O)C23CCN(c2cccc(CC(C)=O)c2)CC3)cc1. The van der Waals surface area contributed by atoms with Gasteiger partial charge in [-0.1, -0.05) is 30.7 Å². The molecule has 0 radical (unpaired) electrons. The summed E-state index contributed by atoms with van der Waals surface area (Å²) in [6, 6.07) is 16.2. The van der Waals surface area contributed by atoms with Crippen LogP contribution in [0.3, 0.4) is 0 Å². The number of hydrogen-bond acceptors (Lipinski definition) is 5. The fourth-order valence-corrected chi connectivity index (χ4v) is 6.35. The Bertz CT molecular complexity index is 1180. The van der Waals surface area contributed by atoms with Crippen LogP contribution in [0.25, 0.3) is 0 Å². The monoisotopic (exact) mass is 531 g/mol. The Morgan fingerprint density at radius 2 is 1.74 bits per heavy atom. The number of urea groups is 1. The third kappa shape index (κ3) is 5.82. The molecule has 1 aliphatic carbocycles. The molecule has 0 unspecified atom stereocenters. The molecule has 3 aliphatic rings. The first-order chi connectivity index (χ1) is 18.9. The van der Waals surface area contributed by atoms with E-state index in [0.717, 1.165) is 49.1 Å². The van der Waals surface area contributed by atoms with Crippen molar-refractivity contribution in [1.29, 1.82) is 0 Å². The number of piperidine rings is 1.